The van der Waals surface area contributed by atoms with E-state index >= 15 is 0 Å². The smallest absolute Gasteiger partial charge is 0.323 e. The van der Waals surface area contributed by atoms with Crippen LogP contribution in [0.25, 0.3) is 0 Å². The first-order chi connectivity index (χ1) is 5.85. The minimum absolute atomic E-state index is 0.167. The number of carbonyl (C=O) groups is 1. The van der Waals surface area contributed by atoms with E-state index in [0.717, 1.165) is 12.8 Å². The summed E-state index contributed by atoms with van der Waals surface area (Å²) in [5.41, 5.74) is 5.91. The third-order valence-corrected chi connectivity index (χ3v) is 3.79. The Balaban J connectivity index is 2.74. The lowest BCUT2D eigenvalue weighted by molar-refractivity contribution is -0.146. The molecule has 1 aliphatic carbocycles. The molecular formula is C10H19NO2. The fourth-order valence-corrected chi connectivity index (χ4v) is 1.63. The van der Waals surface area contributed by atoms with Crippen LogP contribution in [0, 0.1) is 10.8 Å². The van der Waals surface area contributed by atoms with E-state index in [1.54, 1.807) is 0 Å². The Morgan fingerprint density at radius 1 is 1.54 bits per heavy atom. The Bertz CT molecular complexity index is 219. The molecule has 0 bridgehead atoms. The van der Waals surface area contributed by atoms with Gasteiger partial charge in [0.2, 0.25) is 0 Å². The van der Waals surface area contributed by atoms with Crippen molar-refractivity contribution in [3.8, 4) is 0 Å². The van der Waals surface area contributed by atoms with Crippen molar-refractivity contribution >= 4 is 5.97 Å². The number of nitrogens with two attached hydrogens (primary N) is 1. The molecule has 0 aromatic carbocycles. The molecule has 1 aliphatic rings. The van der Waals surface area contributed by atoms with Crippen molar-refractivity contribution in [2.24, 2.45) is 16.6 Å². The number of ether oxygens (including phenoxy) is 1. The van der Waals surface area contributed by atoms with Gasteiger partial charge in [-0.25, -0.2) is 0 Å². The standard InChI is InChI=1S/C10H19NO2/c1-9(2,10(3)5-6-10)7(11)8(12)13-4/h7H,5-6,11H2,1-4H3. The van der Waals surface area contributed by atoms with Crippen LogP contribution in [0.3, 0.4) is 0 Å². The van der Waals surface area contributed by atoms with Crippen LogP contribution in [0.5, 0.6) is 0 Å². The van der Waals surface area contributed by atoms with Crippen molar-refractivity contribution in [1.29, 1.82) is 0 Å². The highest BCUT2D eigenvalue weighted by Gasteiger charge is 2.54. The Kier molecular flexibility index (Phi) is 2.41. The monoisotopic (exact) mass is 185 g/mol. The molecule has 13 heavy (non-hydrogen) atoms. The van der Waals surface area contributed by atoms with Gasteiger partial charge in [-0.3, -0.25) is 4.79 Å². The molecule has 0 heterocycles. The van der Waals surface area contributed by atoms with E-state index in [1.165, 1.54) is 7.11 Å². The molecule has 3 heteroatoms. The highest BCUT2D eigenvalue weighted by atomic mass is 16.5. The van der Waals surface area contributed by atoms with Gasteiger partial charge in [0.25, 0.3) is 0 Å². The topological polar surface area (TPSA) is 52.3 Å². The van der Waals surface area contributed by atoms with Gasteiger partial charge in [0, 0.05) is 0 Å². The second-order valence-corrected chi connectivity index (χ2v) is 4.78. The quantitative estimate of drug-likeness (QED) is 0.674. The van der Waals surface area contributed by atoms with Gasteiger partial charge in [-0.1, -0.05) is 20.8 Å². The third kappa shape index (κ3) is 1.57. The number of esters is 1. The van der Waals surface area contributed by atoms with Crippen molar-refractivity contribution in [2.45, 2.75) is 39.7 Å². The summed E-state index contributed by atoms with van der Waals surface area (Å²) in [7, 11) is 1.38. The number of rotatable bonds is 3. The van der Waals surface area contributed by atoms with Gasteiger partial charge in [-0.05, 0) is 23.7 Å². The first kappa shape index (κ1) is 10.5. The second-order valence-electron chi connectivity index (χ2n) is 4.78. The van der Waals surface area contributed by atoms with Gasteiger partial charge in [0.05, 0.1) is 7.11 Å². The van der Waals surface area contributed by atoms with Crippen molar-refractivity contribution in [1.82, 2.24) is 0 Å². The Labute approximate surface area is 79.6 Å². The highest BCUT2D eigenvalue weighted by Crippen LogP contribution is 2.59. The van der Waals surface area contributed by atoms with Crippen LogP contribution in [0.15, 0.2) is 0 Å². The van der Waals surface area contributed by atoms with Crippen molar-refractivity contribution < 1.29 is 9.53 Å². The number of methoxy groups -OCH3 is 1. The van der Waals surface area contributed by atoms with Crippen LogP contribution < -0.4 is 5.73 Å². The predicted molar refractivity (Wildman–Crippen MR) is 51.1 cm³/mol. The van der Waals surface area contributed by atoms with E-state index in [1.807, 2.05) is 13.8 Å². The Morgan fingerprint density at radius 3 is 2.31 bits per heavy atom. The lowest BCUT2D eigenvalue weighted by atomic mass is 9.71. The molecule has 1 fully saturated rings. The SMILES string of the molecule is COC(=O)C(N)C(C)(C)C1(C)CC1. The average molecular weight is 185 g/mol. The predicted octanol–water partition coefficient (Wildman–Crippen LogP) is 1.31. The van der Waals surface area contributed by atoms with Crippen LogP contribution in [0.2, 0.25) is 0 Å². The molecule has 0 aliphatic heterocycles. The third-order valence-electron chi connectivity index (χ3n) is 3.79. The van der Waals surface area contributed by atoms with E-state index in [9.17, 15) is 4.79 Å². The molecule has 1 unspecified atom stereocenters. The Hall–Kier alpha value is -0.570. The van der Waals surface area contributed by atoms with E-state index in [-0.39, 0.29) is 16.8 Å². The number of hydrogen-bond acceptors (Lipinski definition) is 3. The lowest BCUT2D eigenvalue weighted by Crippen LogP contribution is -2.48. The minimum atomic E-state index is -0.509. The largest absolute Gasteiger partial charge is 0.468 e. The van der Waals surface area contributed by atoms with Crippen molar-refractivity contribution in [3.05, 3.63) is 0 Å². The molecule has 2 N–H and O–H groups in total. The van der Waals surface area contributed by atoms with E-state index < -0.39 is 6.04 Å². The minimum Gasteiger partial charge on any atom is -0.468 e. The fourth-order valence-electron chi connectivity index (χ4n) is 1.63. The van der Waals surface area contributed by atoms with Crippen molar-refractivity contribution in [2.75, 3.05) is 7.11 Å². The summed E-state index contributed by atoms with van der Waals surface area (Å²) in [6, 6.07) is -0.509. The summed E-state index contributed by atoms with van der Waals surface area (Å²) >= 11 is 0. The normalized spacial score (nSPS) is 22.2. The molecule has 76 valence electrons. The summed E-state index contributed by atoms with van der Waals surface area (Å²) in [5, 5.41) is 0. The molecular weight excluding hydrogens is 166 g/mol. The maximum atomic E-state index is 11.3. The van der Waals surface area contributed by atoms with Crippen molar-refractivity contribution in [3.63, 3.8) is 0 Å². The first-order valence-corrected chi connectivity index (χ1v) is 4.68. The molecule has 1 saturated carbocycles. The number of carbonyl (C=O) groups excluding carboxylic acids is 1. The fraction of sp³-hybridized carbons (Fsp3) is 0.900. The molecule has 0 saturated heterocycles. The summed E-state index contributed by atoms with van der Waals surface area (Å²) in [4.78, 5) is 11.3. The molecule has 1 atom stereocenters. The molecule has 0 aromatic rings. The molecule has 0 radical (unpaired) electrons. The van der Waals surface area contributed by atoms with Gasteiger partial charge < -0.3 is 10.5 Å². The van der Waals surface area contributed by atoms with Crippen LogP contribution >= 0.6 is 0 Å². The van der Waals surface area contributed by atoms with Crippen LogP contribution in [-0.4, -0.2) is 19.1 Å². The highest BCUT2D eigenvalue weighted by molar-refractivity contribution is 5.76. The van der Waals surface area contributed by atoms with Gasteiger partial charge >= 0.3 is 5.97 Å². The summed E-state index contributed by atoms with van der Waals surface area (Å²) in [6.07, 6.45) is 2.31. The van der Waals surface area contributed by atoms with Gasteiger partial charge in [0.15, 0.2) is 0 Å². The van der Waals surface area contributed by atoms with Gasteiger partial charge in [-0.15, -0.1) is 0 Å². The van der Waals surface area contributed by atoms with Crippen LogP contribution in [-0.2, 0) is 9.53 Å². The molecule has 1 rings (SSSR count). The molecule has 0 spiro atoms. The zero-order chi connectivity index (χ0) is 10.3. The lowest BCUT2D eigenvalue weighted by Gasteiger charge is -2.36. The Morgan fingerprint density at radius 2 is 2.00 bits per heavy atom. The molecule has 0 amide bonds. The van der Waals surface area contributed by atoms with Crippen LogP contribution in [0.4, 0.5) is 0 Å². The zero-order valence-corrected chi connectivity index (χ0v) is 8.89. The average Bonchev–Trinajstić information content (AvgIpc) is 2.82. The maximum Gasteiger partial charge on any atom is 0.323 e. The summed E-state index contributed by atoms with van der Waals surface area (Å²) < 4.78 is 4.66. The number of hydrogen-bond donors (Lipinski definition) is 1. The zero-order valence-electron chi connectivity index (χ0n) is 8.89. The van der Waals surface area contributed by atoms with Crippen LogP contribution in [0.1, 0.15) is 33.6 Å². The first-order valence-electron chi connectivity index (χ1n) is 4.68. The van der Waals surface area contributed by atoms with E-state index in [2.05, 4.69) is 11.7 Å². The van der Waals surface area contributed by atoms with E-state index in [4.69, 9.17) is 5.73 Å². The molecule has 0 aromatic heterocycles. The van der Waals surface area contributed by atoms with Gasteiger partial charge in [-0.2, -0.15) is 0 Å². The maximum absolute atomic E-state index is 11.3. The van der Waals surface area contributed by atoms with E-state index in [0.29, 0.717) is 0 Å². The molecule has 3 nitrogen and oxygen atoms in total. The summed E-state index contributed by atoms with van der Waals surface area (Å²) in [6.45, 7) is 6.26. The second kappa shape index (κ2) is 2.98. The van der Waals surface area contributed by atoms with Gasteiger partial charge in [0.1, 0.15) is 6.04 Å². The summed E-state index contributed by atoms with van der Waals surface area (Å²) in [5.74, 6) is -0.307.